The van der Waals surface area contributed by atoms with Gasteiger partial charge in [-0.05, 0) is 55.8 Å². The first-order valence-electron chi connectivity index (χ1n) is 8.55. The Balaban J connectivity index is 1.50. The van der Waals surface area contributed by atoms with Crippen LogP contribution in [0, 0.1) is 0 Å². The summed E-state index contributed by atoms with van der Waals surface area (Å²) < 4.78 is 13.2. The molecule has 0 radical (unpaired) electrons. The molecule has 2 heterocycles. The van der Waals surface area contributed by atoms with Crippen LogP contribution in [0.2, 0.25) is 0 Å². The summed E-state index contributed by atoms with van der Waals surface area (Å²) in [5.74, 6) is 1.13. The second-order valence-electron chi connectivity index (χ2n) is 6.45. The SMILES string of the molecule is CC(C)n1c(=O)sc2cc(NC(=O)/C=C/c3ccc4c(c3)OCO4)ccc21. The number of thiazole rings is 1. The van der Waals surface area contributed by atoms with Crippen molar-refractivity contribution in [2.75, 3.05) is 12.1 Å². The van der Waals surface area contributed by atoms with Crippen LogP contribution in [0.15, 0.2) is 47.3 Å². The van der Waals surface area contributed by atoms with Gasteiger partial charge in [-0.1, -0.05) is 17.4 Å². The number of hydrogen-bond acceptors (Lipinski definition) is 5. The van der Waals surface area contributed by atoms with Gasteiger partial charge in [0.15, 0.2) is 11.5 Å². The highest BCUT2D eigenvalue weighted by molar-refractivity contribution is 7.16. The Morgan fingerprint density at radius 3 is 2.81 bits per heavy atom. The number of amides is 1. The van der Waals surface area contributed by atoms with E-state index in [9.17, 15) is 9.59 Å². The van der Waals surface area contributed by atoms with E-state index < -0.39 is 0 Å². The highest BCUT2D eigenvalue weighted by Crippen LogP contribution is 2.32. The zero-order valence-corrected chi connectivity index (χ0v) is 15.7. The maximum absolute atomic E-state index is 12.2. The smallest absolute Gasteiger partial charge is 0.308 e. The van der Waals surface area contributed by atoms with Gasteiger partial charge in [-0.25, -0.2) is 0 Å². The predicted molar refractivity (Wildman–Crippen MR) is 107 cm³/mol. The molecule has 0 spiro atoms. The molecule has 1 aliphatic rings. The van der Waals surface area contributed by atoms with Gasteiger partial charge in [0.2, 0.25) is 12.7 Å². The van der Waals surface area contributed by atoms with E-state index in [4.69, 9.17) is 9.47 Å². The molecule has 0 fully saturated rings. The average molecular weight is 382 g/mol. The third kappa shape index (κ3) is 3.46. The Labute approximate surface area is 159 Å². The molecule has 3 aromatic rings. The lowest BCUT2D eigenvalue weighted by atomic mass is 10.2. The lowest BCUT2D eigenvalue weighted by molar-refractivity contribution is -0.111. The molecule has 1 aliphatic heterocycles. The molecular weight excluding hydrogens is 364 g/mol. The van der Waals surface area contributed by atoms with Crippen LogP contribution < -0.4 is 19.7 Å². The summed E-state index contributed by atoms with van der Waals surface area (Å²) in [5, 5.41) is 2.83. The fraction of sp³-hybridized carbons (Fsp3) is 0.200. The minimum atomic E-state index is -0.248. The number of benzene rings is 2. The molecule has 1 aromatic heterocycles. The highest BCUT2D eigenvalue weighted by atomic mass is 32.1. The van der Waals surface area contributed by atoms with Crippen LogP contribution in [0.3, 0.4) is 0 Å². The van der Waals surface area contributed by atoms with Crippen molar-refractivity contribution in [2.45, 2.75) is 19.9 Å². The van der Waals surface area contributed by atoms with E-state index in [2.05, 4.69) is 5.32 Å². The van der Waals surface area contributed by atoms with Crippen molar-refractivity contribution in [1.82, 2.24) is 4.57 Å². The van der Waals surface area contributed by atoms with Crippen LogP contribution in [0.4, 0.5) is 5.69 Å². The summed E-state index contributed by atoms with van der Waals surface area (Å²) in [4.78, 5) is 24.3. The quantitative estimate of drug-likeness (QED) is 0.692. The second-order valence-corrected chi connectivity index (χ2v) is 7.44. The number of carbonyl (C=O) groups excluding carboxylic acids is 1. The summed E-state index contributed by atoms with van der Waals surface area (Å²) in [6, 6.07) is 11.1. The van der Waals surface area contributed by atoms with Crippen molar-refractivity contribution in [3.63, 3.8) is 0 Å². The lowest BCUT2D eigenvalue weighted by Gasteiger charge is -2.08. The maximum atomic E-state index is 12.2. The van der Waals surface area contributed by atoms with Crippen molar-refractivity contribution in [3.05, 3.63) is 57.7 Å². The van der Waals surface area contributed by atoms with Crippen LogP contribution in [-0.4, -0.2) is 17.3 Å². The number of hydrogen-bond donors (Lipinski definition) is 1. The van der Waals surface area contributed by atoms with Gasteiger partial charge in [-0.2, -0.15) is 0 Å². The number of fused-ring (bicyclic) bond motifs is 2. The van der Waals surface area contributed by atoms with Gasteiger partial charge in [-0.3, -0.25) is 14.2 Å². The average Bonchev–Trinajstić information content (AvgIpc) is 3.22. The normalized spacial score (nSPS) is 13.0. The zero-order chi connectivity index (χ0) is 19.0. The van der Waals surface area contributed by atoms with Crippen LogP contribution in [0.25, 0.3) is 16.3 Å². The maximum Gasteiger partial charge on any atom is 0.308 e. The minimum absolute atomic E-state index is 0.00572. The fourth-order valence-corrected chi connectivity index (χ4v) is 4.03. The van der Waals surface area contributed by atoms with Crippen molar-refractivity contribution >= 4 is 39.2 Å². The van der Waals surface area contributed by atoms with E-state index >= 15 is 0 Å². The summed E-state index contributed by atoms with van der Waals surface area (Å²) in [6.07, 6.45) is 3.17. The van der Waals surface area contributed by atoms with Crippen molar-refractivity contribution in [2.24, 2.45) is 0 Å². The van der Waals surface area contributed by atoms with Crippen LogP contribution >= 0.6 is 11.3 Å². The van der Waals surface area contributed by atoms with Crippen molar-refractivity contribution < 1.29 is 14.3 Å². The monoisotopic (exact) mass is 382 g/mol. The molecule has 0 saturated carbocycles. The number of carbonyl (C=O) groups is 1. The van der Waals surface area contributed by atoms with E-state index in [1.54, 1.807) is 16.7 Å². The van der Waals surface area contributed by atoms with Gasteiger partial charge in [0.25, 0.3) is 0 Å². The van der Waals surface area contributed by atoms with E-state index in [0.717, 1.165) is 15.8 Å². The van der Waals surface area contributed by atoms with E-state index in [-0.39, 0.29) is 23.6 Å². The molecule has 0 bridgehead atoms. The van der Waals surface area contributed by atoms with Crippen LogP contribution in [-0.2, 0) is 4.79 Å². The number of anilines is 1. The lowest BCUT2D eigenvalue weighted by Crippen LogP contribution is -2.14. The number of nitrogens with zero attached hydrogens (tertiary/aromatic N) is 1. The number of rotatable bonds is 4. The standard InChI is InChI=1S/C20H18N2O4S/c1-12(2)22-15-6-5-14(10-18(15)27-20(22)24)21-19(23)8-4-13-3-7-16-17(9-13)26-11-25-16/h3-10,12H,11H2,1-2H3,(H,21,23)/b8-4+. The van der Waals surface area contributed by atoms with Crippen molar-refractivity contribution in [3.8, 4) is 11.5 Å². The third-order valence-corrected chi connectivity index (χ3v) is 5.14. The Morgan fingerprint density at radius 1 is 1.19 bits per heavy atom. The zero-order valence-electron chi connectivity index (χ0n) is 14.9. The Hall–Kier alpha value is -3.06. The number of aromatic nitrogens is 1. The summed E-state index contributed by atoms with van der Waals surface area (Å²) >= 11 is 1.18. The molecule has 2 aromatic carbocycles. The van der Waals surface area contributed by atoms with Gasteiger partial charge in [0.1, 0.15) is 0 Å². The second kappa shape index (κ2) is 6.92. The van der Waals surface area contributed by atoms with Gasteiger partial charge in [-0.15, -0.1) is 0 Å². The third-order valence-electron chi connectivity index (χ3n) is 4.22. The first-order valence-corrected chi connectivity index (χ1v) is 9.37. The molecule has 27 heavy (non-hydrogen) atoms. The Morgan fingerprint density at radius 2 is 2.00 bits per heavy atom. The van der Waals surface area contributed by atoms with E-state index in [1.807, 2.05) is 44.2 Å². The van der Waals surface area contributed by atoms with Gasteiger partial charge in [0.05, 0.1) is 10.2 Å². The predicted octanol–water partition coefficient (Wildman–Crippen LogP) is 4.02. The molecule has 4 rings (SSSR count). The minimum Gasteiger partial charge on any atom is -0.454 e. The van der Waals surface area contributed by atoms with Crippen molar-refractivity contribution in [1.29, 1.82) is 0 Å². The van der Waals surface area contributed by atoms with Gasteiger partial charge >= 0.3 is 4.87 Å². The van der Waals surface area contributed by atoms with Crippen LogP contribution in [0.5, 0.6) is 11.5 Å². The van der Waals surface area contributed by atoms with Gasteiger partial charge < -0.3 is 14.8 Å². The van der Waals surface area contributed by atoms with Crippen LogP contribution in [0.1, 0.15) is 25.5 Å². The fourth-order valence-electron chi connectivity index (χ4n) is 2.98. The number of nitrogens with one attached hydrogen (secondary N) is 1. The molecule has 6 nitrogen and oxygen atoms in total. The molecule has 0 saturated heterocycles. The largest absolute Gasteiger partial charge is 0.454 e. The van der Waals surface area contributed by atoms with E-state index in [1.165, 1.54) is 17.4 Å². The molecular formula is C20H18N2O4S. The molecule has 7 heteroatoms. The molecule has 1 amide bonds. The summed E-state index contributed by atoms with van der Waals surface area (Å²) in [7, 11) is 0. The molecule has 1 N–H and O–H groups in total. The van der Waals surface area contributed by atoms with E-state index in [0.29, 0.717) is 17.2 Å². The highest BCUT2D eigenvalue weighted by Gasteiger charge is 2.13. The Kier molecular flexibility index (Phi) is 4.45. The molecule has 0 atom stereocenters. The molecule has 138 valence electrons. The summed E-state index contributed by atoms with van der Waals surface area (Å²) in [5.41, 5.74) is 2.38. The first kappa shape index (κ1) is 17.4. The molecule has 0 aliphatic carbocycles. The number of ether oxygens (including phenoxy) is 2. The summed E-state index contributed by atoms with van der Waals surface area (Å²) in [6.45, 7) is 4.17. The Bertz CT molecular complexity index is 1110. The topological polar surface area (TPSA) is 69.6 Å². The first-order chi connectivity index (χ1) is 13.0. The molecule has 0 unspecified atom stereocenters. The van der Waals surface area contributed by atoms with Gasteiger partial charge in [0, 0.05) is 17.8 Å².